The fraction of sp³-hybridized carbons (Fsp3) is 0.517. The van der Waals surface area contributed by atoms with Crippen LogP contribution in [-0.4, -0.2) is 62.0 Å². The highest BCUT2D eigenvalue weighted by molar-refractivity contribution is 5.94. The molecule has 0 radical (unpaired) electrons. The van der Waals surface area contributed by atoms with E-state index in [2.05, 4.69) is 0 Å². The van der Waals surface area contributed by atoms with Crippen molar-refractivity contribution >= 4 is 11.8 Å². The van der Waals surface area contributed by atoms with E-state index >= 15 is 0 Å². The molecule has 0 unspecified atom stereocenters. The lowest BCUT2D eigenvalue weighted by molar-refractivity contribution is -0.143. The molecule has 0 atom stereocenters. The summed E-state index contributed by atoms with van der Waals surface area (Å²) in [6.07, 6.45) is -7.10. The van der Waals surface area contributed by atoms with E-state index < -0.39 is 35.0 Å². The van der Waals surface area contributed by atoms with Crippen LogP contribution in [0.25, 0.3) is 0 Å². The number of hydrogen-bond donors (Lipinski definition) is 0. The van der Waals surface area contributed by atoms with Crippen LogP contribution in [0.3, 0.4) is 0 Å². The monoisotopic (exact) mass is 586 g/mol. The van der Waals surface area contributed by atoms with Crippen molar-refractivity contribution in [2.45, 2.75) is 44.5 Å². The van der Waals surface area contributed by atoms with Crippen molar-refractivity contribution in [2.75, 3.05) is 40.4 Å². The van der Waals surface area contributed by atoms with Crippen molar-refractivity contribution in [1.82, 2.24) is 9.80 Å². The van der Waals surface area contributed by atoms with Crippen LogP contribution in [0.4, 0.5) is 26.3 Å². The molecule has 224 valence electrons. The summed E-state index contributed by atoms with van der Waals surface area (Å²) in [5.41, 5.74) is -2.89. The van der Waals surface area contributed by atoms with E-state index in [4.69, 9.17) is 9.47 Å². The van der Waals surface area contributed by atoms with Crippen LogP contribution in [0.5, 0.6) is 11.5 Å². The molecule has 0 saturated carbocycles. The lowest BCUT2D eigenvalue weighted by Crippen LogP contribution is -2.44. The minimum absolute atomic E-state index is 0.0188. The Morgan fingerprint density at radius 2 is 1.27 bits per heavy atom. The summed E-state index contributed by atoms with van der Waals surface area (Å²) in [7, 11) is 3.09. The molecular weight excluding hydrogens is 554 g/mol. The van der Waals surface area contributed by atoms with Gasteiger partial charge in [-0.2, -0.15) is 26.3 Å². The Morgan fingerprint density at radius 1 is 0.756 bits per heavy atom. The first kappa shape index (κ1) is 30.5. The molecule has 2 fully saturated rings. The number of carbonyl (C=O) groups is 2. The molecule has 2 amide bonds. The average Bonchev–Trinajstić information content (AvgIpc) is 2.95. The number of carbonyl (C=O) groups excluding carboxylic acids is 2. The summed E-state index contributed by atoms with van der Waals surface area (Å²) in [6.45, 7) is 1.66. The van der Waals surface area contributed by atoms with E-state index in [0.717, 1.165) is 18.4 Å². The van der Waals surface area contributed by atoms with Crippen LogP contribution in [0.1, 0.15) is 52.7 Å². The maximum absolute atomic E-state index is 13.2. The zero-order valence-electron chi connectivity index (χ0n) is 22.8. The van der Waals surface area contributed by atoms with Crippen molar-refractivity contribution in [3.63, 3.8) is 0 Å². The van der Waals surface area contributed by atoms with E-state index in [1.54, 1.807) is 32.4 Å². The number of benzene rings is 2. The zero-order chi connectivity index (χ0) is 29.9. The second-order valence-electron chi connectivity index (χ2n) is 10.5. The van der Waals surface area contributed by atoms with Crippen LogP contribution in [0.15, 0.2) is 36.4 Å². The highest BCUT2D eigenvalue weighted by atomic mass is 19.4. The third kappa shape index (κ3) is 7.26. The molecule has 2 saturated heterocycles. The van der Waals surface area contributed by atoms with Crippen molar-refractivity contribution in [3.05, 3.63) is 58.7 Å². The number of methoxy groups -OCH3 is 2. The molecule has 4 rings (SSSR count). The second kappa shape index (κ2) is 12.2. The van der Waals surface area contributed by atoms with Gasteiger partial charge in [0.25, 0.3) is 5.91 Å². The third-order valence-corrected chi connectivity index (χ3v) is 8.05. The Bertz CT molecular complexity index is 1210. The standard InChI is InChI=1S/C29H32F6N2O4/c1-40-24-3-4-25(41-2)20(15-24)16-26(38)36-9-5-18(6-10-36)19-7-11-37(12-8-19)27(39)21-13-22(28(30,31)32)17-23(14-21)29(33,34)35/h3-4,13-15,17-19H,5-12,16H2,1-2H3. The van der Waals surface area contributed by atoms with Gasteiger partial charge < -0.3 is 19.3 Å². The smallest absolute Gasteiger partial charge is 0.416 e. The lowest BCUT2D eigenvalue weighted by Gasteiger charge is -2.40. The summed E-state index contributed by atoms with van der Waals surface area (Å²) >= 11 is 0. The van der Waals surface area contributed by atoms with Gasteiger partial charge in [0.1, 0.15) is 11.5 Å². The number of amides is 2. The van der Waals surface area contributed by atoms with Crippen molar-refractivity contribution in [1.29, 1.82) is 0 Å². The molecule has 2 heterocycles. The topological polar surface area (TPSA) is 59.1 Å². The van der Waals surface area contributed by atoms with Gasteiger partial charge in [-0.3, -0.25) is 9.59 Å². The Morgan fingerprint density at radius 3 is 1.73 bits per heavy atom. The van der Waals surface area contributed by atoms with Gasteiger partial charge in [-0.25, -0.2) is 0 Å². The SMILES string of the molecule is COc1ccc(OC)c(CC(=O)N2CCC(C3CCN(C(=O)c4cc(C(F)(F)F)cc(C(F)(F)F)c4)CC3)CC2)c1. The van der Waals surface area contributed by atoms with Gasteiger partial charge in [-0.15, -0.1) is 0 Å². The molecule has 2 aliphatic heterocycles. The van der Waals surface area contributed by atoms with E-state index in [-0.39, 0.29) is 37.4 Å². The number of alkyl halides is 6. The van der Waals surface area contributed by atoms with Gasteiger partial charge >= 0.3 is 12.4 Å². The third-order valence-electron chi connectivity index (χ3n) is 8.05. The van der Waals surface area contributed by atoms with Gasteiger partial charge in [-0.05, 0) is 73.9 Å². The maximum Gasteiger partial charge on any atom is 0.416 e. The first-order chi connectivity index (χ1) is 19.3. The lowest BCUT2D eigenvalue weighted by atomic mass is 9.78. The van der Waals surface area contributed by atoms with E-state index in [9.17, 15) is 35.9 Å². The molecule has 2 aromatic carbocycles. The largest absolute Gasteiger partial charge is 0.497 e. The predicted molar refractivity (Wildman–Crippen MR) is 138 cm³/mol. The van der Waals surface area contributed by atoms with Crippen molar-refractivity contribution in [3.8, 4) is 11.5 Å². The molecule has 6 nitrogen and oxygen atoms in total. The average molecular weight is 587 g/mol. The van der Waals surface area contributed by atoms with Gasteiger partial charge in [-0.1, -0.05) is 0 Å². The predicted octanol–water partition coefficient (Wildman–Crippen LogP) is 6.07. The van der Waals surface area contributed by atoms with Gasteiger partial charge in [0.05, 0.1) is 31.8 Å². The number of rotatable bonds is 6. The van der Waals surface area contributed by atoms with Crippen LogP contribution in [0, 0.1) is 11.8 Å². The Labute approximate surface area is 234 Å². The first-order valence-corrected chi connectivity index (χ1v) is 13.4. The number of likely N-dealkylation sites (tertiary alicyclic amines) is 2. The van der Waals surface area contributed by atoms with Crippen molar-refractivity contribution < 1.29 is 45.4 Å². The number of hydrogen-bond acceptors (Lipinski definition) is 4. The molecule has 0 aliphatic carbocycles. The van der Waals surface area contributed by atoms with E-state index in [0.29, 0.717) is 55.5 Å². The quantitative estimate of drug-likeness (QED) is 0.386. The summed E-state index contributed by atoms with van der Waals surface area (Å²) < 4.78 is 90.0. The molecule has 12 heteroatoms. The first-order valence-electron chi connectivity index (χ1n) is 13.4. The number of piperidine rings is 2. The van der Waals surface area contributed by atoms with Crippen LogP contribution < -0.4 is 9.47 Å². The van der Waals surface area contributed by atoms with E-state index in [1.807, 2.05) is 4.90 Å². The summed E-state index contributed by atoms with van der Waals surface area (Å²) in [5.74, 6) is 0.944. The molecule has 0 spiro atoms. The minimum Gasteiger partial charge on any atom is -0.497 e. The molecular formula is C29H32F6N2O4. The molecule has 2 aliphatic rings. The molecule has 41 heavy (non-hydrogen) atoms. The summed E-state index contributed by atoms with van der Waals surface area (Å²) in [5, 5.41) is 0. The van der Waals surface area contributed by atoms with Crippen LogP contribution in [-0.2, 0) is 23.6 Å². The van der Waals surface area contributed by atoms with Gasteiger partial charge in [0.2, 0.25) is 5.91 Å². The Balaban J connectivity index is 1.32. The van der Waals surface area contributed by atoms with Crippen LogP contribution >= 0.6 is 0 Å². The zero-order valence-corrected chi connectivity index (χ0v) is 22.8. The molecule has 2 aromatic rings. The van der Waals surface area contributed by atoms with Crippen molar-refractivity contribution in [2.24, 2.45) is 11.8 Å². The molecule has 0 N–H and O–H groups in total. The minimum atomic E-state index is -5.01. The Kier molecular flexibility index (Phi) is 9.08. The Hall–Kier alpha value is -3.44. The number of halogens is 6. The fourth-order valence-electron chi connectivity index (χ4n) is 5.75. The van der Waals surface area contributed by atoms with Crippen LogP contribution in [0.2, 0.25) is 0 Å². The van der Waals surface area contributed by atoms with E-state index in [1.165, 1.54) is 4.90 Å². The number of nitrogens with zero attached hydrogens (tertiary/aromatic N) is 2. The fourth-order valence-corrected chi connectivity index (χ4v) is 5.75. The highest BCUT2D eigenvalue weighted by Gasteiger charge is 2.38. The van der Waals surface area contributed by atoms with Gasteiger partial charge in [0.15, 0.2) is 0 Å². The molecule has 0 bridgehead atoms. The maximum atomic E-state index is 13.2. The summed E-state index contributed by atoms with van der Waals surface area (Å²) in [6, 6.07) is 6.29. The molecule has 0 aromatic heterocycles. The highest BCUT2D eigenvalue weighted by Crippen LogP contribution is 2.38. The van der Waals surface area contributed by atoms with Gasteiger partial charge in [0, 0.05) is 37.3 Å². The number of ether oxygens (including phenoxy) is 2. The summed E-state index contributed by atoms with van der Waals surface area (Å²) in [4.78, 5) is 29.1. The normalized spacial score (nSPS) is 17.5. The second-order valence-corrected chi connectivity index (χ2v) is 10.5.